The van der Waals surface area contributed by atoms with Crippen LogP contribution in [-0.4, -0.2) is 84.9 Å². The second-order valence-corrected chi connectivity index (χ2v) is 10.1. The van der Waals surface area contributed by atoms with Crippen molar-refractivity contribution in [1.29, 1.82) is 0 Å². The number of aliphatic hydroxyl groups is 2. The lowest BCUT2D eigenvalue weighted by Crippen LogP contribution is -2.31. The number of aryl methyl sites for hydroxylation is 1. The van der Waals surface area contributed by atoms with Crippen molar-refractivity contribution >= 4 is 29.4 Å². The van der Waals surface area contributed by atoms with Crippen LogP contribution in [-0.2, 0) is 20.7 Å². The summed E-state index contributed by atoms with van der Waals surface area (Å²) >= 11 is 0. The van der Waals surface area contributed by atoms with Crippen LogP contribution in [0.25, 0.3) is 22.9 Å². The molecule has 14 heteroatoms. The number of fused-ring (bicyclic) bond motifs is 1. The maximum Gasteiger partial charge on any atom is 0.294 e. The molecule has 0 saturated carbocycles. The highest BCUT2D eigenvalue weighted by Crippen LogP contribution is 2.37. The number of carbonyl (C=O) groups is 1. The predicted molar refractivity (Wildman–Crippen MR) is 159 cm³/mol. The molecule has 0 bridgehead atoms. The van der Waals surface area contributed by atoms with Gasteiger partial charge >= 0.3 is 0 Å². The van der Waals surface area contributed by atoms with Gasteiger partial charge in [-0.3, -0.25) is 9.36 Å². The van der Waals surface area contributed by atoms with E-state index in [4.69, 9.17) is 24.0 Å². The van der Waals surface area contributed by atoms with E-state index < -0.39 is 18.4 Å². The molecule has 4 N–H and O–H groups in total. The van der Waals surface area contributed by atoms with E-state index in [0.717, 1.165) is 11.1 Å². The van der Waals surface area contributed by atoms with Gasteiger partial charge in [0.1, 0.15) is 6.10 Å². The van der Waals surface area contributed by atoms with Crippen molar-refractivity contribution in [3.05, 3.63) is 77.6 Å². The number of benzene rings is 2. The minimum absolute atomic E-state index is 0.0282. The van der Waals surface area contributed by atoms with E-state index in [1.165, 1.54) is 0 Å². The molecule has 1 saturated heterocycles. The van der Waals surface area contributed by atoms with Gasteiger partial charge in [-0.25, -0.2) is 4.98 Å². The molecule has 4 heterocycles. The molecule has 6 rings (SSSR count). The summed E-state index contributed by atoms with van der Waals surface area (Å²) in [4.78, 5) is 30.1. The molecule has 3 aromatic heterocycles. The second kappa shape index (κ2) is 13.2. The third-order valence-electron chi connectivity index (χ3n) is 7.35. The maximum absolute atomic E-state index is 11.4. The lowest BCUT2D eigenvalue weighted by Gasteiger charge is -2.21. The van der Waals surface area contributed by atoms with E-state index in [0.29, 0.717) is 35.8 Å². The number of hydrogen-bond acceptors (Lipinski definition) is 13. The Morgan fingerprint density at radius 2 is 1.77 bits per heavy atom. The summed E-state index contributed by atoms with van der Waals surface area (Å²) in [6.45, 7) is 2.57. The molecule has 0 radical (unpaired) electrons. The number of hydrogen-bond donors (Lipinski definition) is 4. The smallest absolute Gasteiger partial charge is 0.294 e. The minimum Gasteiger partial charge on any atom is -0.457 e. The van der Waals surface area contributed by atoms with Crippen LogP contribution >= 0.6 is 0 Å². The van der Waals surface area contributed by atoms with E-state index in [2.05, 4.69) is 50.0 Å². The molecule has 0 aliphatic carbocycles. The molecule has 2 aromatic carbocycles. The van der Waals surface area contributed by atoms with Crippen molar-refractivity contribution in [1.82, 2.24) is 29.7 Å². The van der Waals surface area contributed by atoms with Crippen LogP contribution in [0.2, 0.25) is 0 Å². The second-order valence-electron chi connectivity index (χ2n) is 10.1. The standard InChI is InChI=1S/C30H32N8O6/c1-2-22-33-28(44-37-22)27-34-23-25(32-15-20(18-9-5-3-6-10-18)19-11-7-4-8-12-19)35-30(31-13-14-39)36-26(23)38(27)29-24(43-17-40)21(41)16-42-29/h3-12,17,20-21,24,29,39,41H,2,13-16H2,1H3,(H2,31,32,35,36)/t21-,24+,29+/m0/s1. The molecule has 1 aliphatic rings. The van der Waals surface area contributed by atoms with Crippen molar-refractivity contribution < 1.29 is 29.0 Å². The van der Waals surface area contributed by atoms with E-state index in [9.17, 15) is 15.0 Å². The monoisotopic (exact) mass is 600 g/mol. The quantitative estimate of drug-likeness (QED) is 0.145. The number of carbonyl (C=O) groups excluding carboxylic acids is 1. The van der Waals surface area contributed by atoms with Crippen LogP contribution in [0.4, 0.5) is 11.8 Å². The normalized spacial score (nSPS) is 18.1. The van der Waals surface area contributed by atoms with Gasteiger partial charge < -0.3 is 34.8 Å². The first-order chi connectivity index (χ1) is 21.6. The van der Waals surface area contributed by atoms with Gasteiger partial charge in [0.15, 0.2) is 35.1 Å². The Kier molecular flexibility index (Phi) is 8.72. The fourth-order valence-electron chi connectivity index (χ4n) is 5.24. The van der Waals surface area contributed by atoms with Crippen LogP contribution in [0.1, 0.15) is 36.0 Å². The molecule has 228 valence electrons. The molecule has 1 aliphatic heterocycles. The Bertz CT molecular complexity index is 1660. The fourth-order valence-corrected chi connectivity index (χ4v) is 5.24. The summed E-state index contributed by atoms with van der Waals surface area (Å²) in [6.07, 6.45) is -2.63. The highest BCUT2D eigenvalue weighted by atomic mass is 16.6. The first-order valence-electron chi connectivity index (χ1n) is 14.3. The maximum atomic E-state index is 11.4. The van der Waals surface area contributed by atoms with Crippen LogP contribution in [0, 0.1) is 0 Å². The Morgan fingerprint density at radius 3 is 2.41 bits per heavy atom. The molecular formula is C30H32N8O6. The lowest BCUT2D eigenvalue weighted by atomic mass is 9.91. The number of anilines is 2. The summed E-state index contributed by atoms with van der Waals surface area (Å²) in [5, 5.41) is 30.6. The molecule has 44 heavy (non-hydrogen) atoms. The highest BCUT2D eigenvalue weighted by molar-refractivity contribution is 5.87. The Morgan fingerprint density at radius 1 is 1.05 bits per heavy atom. The van der Waals surface area contributed by atoms with Crippen molar-refractivity contribution in [3.63, 3.8) is 0 Å². The van der Waals surface area contributed by atoms with Gasteiger partial charge in [-0.05, 0) is 11.1 Å². The Labute approximate surface area is 252 Å². The minimum atomic E-state index is -1.09. The van der Waals surface area contributed by atoms with E-state index in [1.54, 1.807) is 4.57 Å². The van der Waals surface area contributed by atoms with Crippen LogP contribution in [0.5, 0.6) is 0 Å². The van der Waals surface area contributed by atoms with Crippen molar-refractivity contribution in [2.45, 2.75) is 37.7 Å². The summed E-state index contributed by atoms with van der Waals surface area (Å²) in [5.41, 5.74) is 2.88. The molecule has 5 aromatic rings. The fraction of sp³-hybridized carbons (Fsp3) is 0.333. The van der Waals surface area contributed by atoms with Gasteiger partial charge in [-0.15, -0.1) is 0 Å². The average molecular weight is 601 g/mol. The number of ether oxygens (including phenoxy) is 2. The summed E-state index contributed by atoms with van der Waals surface area (Å²) in [6, 6.07) is 20.3. The number of aromatic nitrogens is 6. The van der Waals surface area contributed by atoms with Crippen LogP contribution in [0.15, 0.2) is 65.2 Å². The van der Waals surface area contributed by atoms with Crippen molar-refractivity contribution in [2.75, 3.05) is 36.9 Å². The van der Waals surface area contributed by atoms with E-state index in [1.807, 2.05) is 43.3 Å². The SMILES string of the molecule is CCc1noc(-c2nc3c(NCC(c4ccccc4)c4ccccc4)nc(NCCO)nc3n2[C@@H]2OC[C@H](O)[C@H]2OC=O)n1. The highest BCUT2D eigenvalue weighted by Gasteiger charge is 2.42. The third-order valence-corrected chi connectivity index (χ3v) is 7.35. The first-order valence-corrected chi connectivity index (χ1v) is 14.3. The molecule has 0 unspecified atom stereocenters. The number of nitrogens with one attached hydrogen (secondary N) is 2. The van der Waals surface area contributed by atoms with Gasteiger partial charge in [0.05, 0.1) is 13.2 Å². The number of nitrogens with zero attached hydrogens (tertiary/aromatic N) is 6. The molecule has 3 atom stereocenters. The Balaban J connectivity index is 1.49. The largest absolute Gasteiger partial charge is 0.457 e. The zero-order chi connectivity index (χ0) is 30.5. The molecule has 0 spiro atoms. The predicted octanol–water partition coefficient (Wildman–Crippen LogP) is 2.52. The Hall–Kier alpha value is -4.92. The molecule has 0 amide bonds. The zero-order valence-corrected chi connectivity index (χ0v) is 23.9. The topological polar surface area (TPSA) is 183 Å². The number of rotatable bonds is 13. The van der Waals surface area contributed by atoms with Crippen molar-refractivity contribution in [2.24, 2.45) is 0 Å². The van der Waals surface area contributed by atoms with Gasteiger partial charge in [-0.1, -0.05) is 72.7 Å². The summed E-state index contributed by atoms with van der Waals surface area (Å²) in [7, 11) is 0. The first kappa shape index (κ1) is 29.2. The zero-order valence-electron chi connectivity index (χ0n) is 23.9. The molecule has 14 nitrogen and oxygen atoms in total. The van der Waals surface area contributed by atoms with E-state index in [-0.39, 0.29) is 49.8 Å². The van der Waals surface area contributed by atoms with E-state index >= 15 is 0 Å². The van der Waals surface area contributed by atoms with Crippen LogP contribution < -0.4 is 10.6 Å². The van der Waals surface area contributed by atoms with Gasteiger partial charge in [0, 0.05) is 25.4 Å². The van der Waals surface area contributed by atoms with Crippen molar-refractivity contribution in [3.8, 4) is 11.7 Å². The average Bonchev–Trinajstić information content (AvgIpc) is 3.78. The van der Waals surface area contributed by atoms with Gasteiger partial charge in [0.2, 0.25) is 11.8 Å². The lowest BCUT2D eigenvalue weighted by molar-refractivity contribution is -0.142. The van der Waals surface area contributed by atoms with Gasteiger partial charge in [0.25, 0.3) is 12.4 Å². The summed E-state index contributed by atoms with van der Waals surface area (Å²) in [5.74, 6) is 1.34. The number of imidazole rings is 1. The van der Waals surface area contributed by atoms with Crippen LogP contribution in [0.3, 0.4) is 0 Å². The third kappa shape index (κ3) is 5.82. The summed E-state index contributed by atoms with van der Waals surface area (Å²) < 4.78 is 18.3. The van der Waals surface area contributed by atoms with Gasteiger partial charge in [-0.2, -0.15) is 15.0 Å². The molecular weight excluding hydrogens is 568 g/mol. The molecule has 1 fully saturated rings. The number of aliphatic hydroxyl groups excluding tert-OH is 2.